The first-order valence-corrected chi connectivity index (χ1v) is 5.87. The van der Waals surface area contributed by atoms with E-state index in [9.17, 15) is 0 Å². The SMILES string of the molecule is CC1(C)[C@@H]2CC[C@@]1(C)c1nc(Cl)ncc12. The summed E-state index contributed by atoms with van der Waals surface area (Å²) in [5.74, 6) is 0.620. The monoisotopic (exact) mass is 222 g/mol. The van der Waals surface area contributed by atoms with E-state index in [4.69, 9.17) is 11.6 Å². The third-order valence-electron chi connectivity index (χ3n) is 4.91. The molecule has 3 rings (SSSR count). The van der Waals surface area contributed by atoms with E-state index in [0.717, 1.165) is 0 Å². The Morgan fingerprint density at radius 3 is 2.87 bits per heavy atom. The first kappa shape index (κ1) is 9.59. The van der Waals surface area contributed by atoms with E-state index in [0.29, 0.717) is 16.6 Å². The van der Waals surface area contributed by atoms with Gasteiger partial charge in [-0.25, -0.2) is 9.97 Å². The van der Waals surface area contributed by atoms with Crippen molar-refractivity contribution in [3.8, 4) is 0 Å². The van der Waals surface area contributed by atoms with Crippen molar-refractivity contribution in [3.05, 3.63) is 22.7 Å². The third kappa shape index (κ3) is 0.919. The Morgan fingerprint density at radius 2 is 2.13 bits per heavy atom. The molecule has 0 amide bonds. The Morgan fingerprint density at radius 1 is 1.40 bits per heavy atom. The van der Waals surface area contributed by atoms with E-state index in [1.165, 1.54) is 24.1 Å². The summed E-state index contributed by atoms with van der Waals surface area (Å²) in [6.45, 7) is 7.02. The zero-order chi connectivity index (χ0) is 10.8. The van der Waals surface area contributed by atoms with Crippen molar-refractivity contribution in [2.24, 2.45) is 5.41 Å². The molecule has 2 aliphatic carbocycles. The highest BCUT2D eigenvalue weighted by Gasteiger charge is 2.60. The van der Waals surface area contributed by atoms with Gasteiger partial charge in [0.1, 0.15) is 0 Å². The molecule has 0 aliphatic heterocycles. The number of fused-ring (bicyclic) bond motifs is 5. The van der Waals surface area contributed by atoms with Crippen LogP contribution >= 0.6 is 11.6 Å². The van der Waals surface area contributed by atoms with Crippen molar-refractivity contribution in [3.63, 3.8) is 0 Å². The normalized spacial score (nSPS) is 35.6. The van der Waals surface area contributed by atoms with E-state index >= 15 is 0 Å². The highest BCUT2D eigenvalue weighted by atomic mass is 35.5. The molecule has 1 saturated carbocycles. The summed E-state index contributed by atoms with van der Waals surface area (Å²) < 4.78 is 0. The van der Waals surface area contributed by atoms with Gasteiger partial charge in [0, 0.05) is 11.6 Å². The molecule has 1 aromatic heterocycles. The van der Waals surface area contributed by atoms with Crippen molar-refractivity contribution in [1.82, 2.24) is 9.97 Å². The van der Waals surface area contributed by atoms with Crippen molar-refractivity contribution < 1.29 is 0 Å². The van der Waals surface area contributed by atoms with Gasteiger partial charge in [-0.2, -0.15) is 0 Å². The molecule has 1 fully saturated rings. The second-order valence-corrected chi connectivity index (χ2v) is 5.93. The highest BCUT2D eigenvalue weighted by Crippen LogP contribution is 2.66. The fraction of sp³-hybridized carbons (Fsp3) is 0.667. The molecule has 0 spiro atoms. The van der Waals surface area contributed by atoms with Gasteiger partial charge in [0.05, 0.1) is 5.69 Å². The minimum absolute atomic E-state index is 0.194. The summed E-state index contributed by atoms with van der Waals surface area (Å²) in [5.41, 5.74) is 3.02. The first-order valence-electron chi connectivity index (χ1n) is 5.50. The Balaban J connectivity index is 2.29. The van der Waals surface area contributed by atoms with Crippen molar-refractivity contribution in [1.29, 1.82) is 0 Å². The van der Waals surface area contributed by atoms with Crippen LogP contribution in [0, 0.1) is 5.41 Å². The number of hydrogen-bond donors (Lipinski definition) is 0. The number of nitrogens with zero attached hydrogens (tertiary/aromatic N) is 2. The summed E-state index contributed by atoms with van der Waals surface area (Å²) in [4.78, 5) is 8.58. The minimum atomic E-state index is 0.194. The Bertz CT molecular complexity index is 441. The average molecular weight is 223 g/mol. The second-order valence-electron chi connectivity index (χ2n) is 5.59. The maximum atomic E-state index is 5.89. The first-order chi connectivity index (χ1) is 6.97. The minimum Gasteiger partial charge on any atom is -0.226 e. The standard InChI is InChI=1S/C12H15ClN2/c1-11(2)8-4-5-12(11,3)9-7(8)6-14-10(13)15-9/h6,8H,4-5H2,1-3H3/t8-,12+/m1/s1. The van der Waals surface area contributed by atoms with Crippen LogP contribution in [-0.4, -0.2) is 9.97 Å². The van der Waals surface area contributed by atoms with E-state index in [2.05, 4.69) is 30.7 Å². The zero-order valence-electron chi connectivity index (χ0n) is 9.34. The van der Waals surface area contributed by atoms with Gasteiger partial charge in [0.15, 0.2) is 0 Å². The van der Waals surface area contributed by atoms with Crippen LogP contribution in [-0.2, 0) is 5.41 Å². The van der Waals surface area contributed by atoms with Crippen LogP contribution in [0.2, 0.25) is 5.28 Å². The summed E-state index contributed by atoms with van der Waals surface area (Å²) in [6.07, 6.45) is 4.42. The van der Waals surface area contributed by atoms with Gasteiger partial charge in [-0.3, -0.25) is 0 Å². The lowest BCUT2D eigenvalue weighted by Gasteiger charge is -2.34. The smallest absolute Gasteiger partial charge is 0.222 e. The number of aromatic nitrogens is 2. The van der Waals surface area contributed by atoms with Gasteiger partial charge < -0.3 is 0 Å². The molecular formula is C12H15ClN2. The molecule has 0 aromatic carbocycles. The second kappa shape index (κ2) is 2.54. The number of hydrogen-bond acceptors (Lipinski definition) is 2. The van der Waals surface area contributed by atoms with Crippen LogP contribution in [0.3, 0.4) is 0 Å². The van der Waals surface area contributed by atoms with Crippen LogP contribution in [0.25, 0.3) is 0 Å². The van der Waals surface area contributed by atoms with Gasteiger partial charge in [-0.1, -0.05) is 20.8 Å². The quantitative estimate of drug-likeness (QED) is 0.630. The molecule has 15 heavy (non-hydrogen) atoms. The molecule has 1 heterocycles. The van der Waals surface area contributed by atoms with Gasteiger partial charge in [0.2, 0.25) is 5.28 Å². The van der Waals surface area contributed by atoms with E-state index in [1.807, 2.05) is 6.20 Å². The lowest BCUT2D eigenvalue weighted by Crippen LogP contribution is -2.32. The molecule has 2 aliphatic rings. The van der Waals surface area contributed by atoms with E-state index in [1.54, 1.807) is 0 Å². The molecule has 2 atom stereocenters. The van der Waals surface area contributed by atoms with Crippen LogP contribution in [0.1, 0.15) is 50.8 Å². The molecule has 0 N–H and O–H groups in total. The predicted molar refractivity (Wildman–Crippen MR) is 60.2 cm³/mol. The summed E-state index contributed by atoms with van der Waals surface area (Å²) in [5, 5.41) is 0.387. The van der Waals surface area contributed by atoms with Crippen LogP contribution in [0.15, 0.2) is 6.20 Å². The Hall–Kier alpha value is -0.630. The number of halogens is 1. The molecule has 0 saturated heterocycles. The summed E-state index contributed by atoms with van der Waals surface area (Å²) in [6, 6.07) is 0. The fourth-order valence-corrected chi connectivity index (χ4v) is 3.67. The van der Waals surface area contributed by atoms with Gasteiger partial charge in [0.25, 0.3) is 0 Å². The average Bonchev–Trinajstić information content (AvgIpc) is 2.48. The fourth-order valence-electron chi connectivity index (χ4n) is 3.53. The maximum absolute atomic E-state index is 5.89. The van der Waals surface area contributed by atoms with Crippen molar-refractivity contribution in [2.75, 3.05) is 0 Å². The molecule has 1 aromatic rings. The molecule has 3 heteroatoms. The molecule has 0 unspecified atom stereocenters. The maximum Gasteiger partial charge on any atom is 0.222 e. The van der Waals surface area contributed by atoms with Gasteiger partial charge in [-0.15, -0.1) is 0 Å². The summed E-state index contributed by atoms with van der Waals surface area (Å²) >= 11 is 5.89. The van der Waals surface area contributed by atoms with Gasteiger partial charge in [-0.05, 0) is 41.3 Å². The zero-order valence-corrected chi connectivity index (χ0v) is 10.1. The molecule has 80 valence electrons. The van der Waals surface area contributed by atoms with Crippen LogP contribution < -0.4 is 0 Å². The lowest BCUT2D eigenvalue weighted by molar-refractivity contribution is 0.227. The molecule has 2 bridgehead atoms. The van der Waals surface area contributed by atoms with Crippen molar-refractivity contribution >= 4 is 11.6 Å². The van der Waals surface area contributed by atoms with Crippen molar-refractivity contribution in [2.45, 2.75) is 44.9 Å². The van der Waals surface area contributed by atoms with E-state index < -0.39 is 0 Å². The van der Waals surface area contributed by atoms with Crippen LogP contribution in [0.5, 0.6) is 0 Å². The Kier molecular flexibility index (Phi) is 1.62. The lowest BCUT2D eigenvalue weighted by atomic mass is 9.70. The van der Waals surface area contributed by atoms with E-state index in [-0.39, 0.29) is 5.41 Å². The van der Waals surface area contributed by atoms with Gasteiger partial charge >= 0.3 is 0 Å². The molecule has 0 radical (unpaired) electrons. The topological polar surface area (TPSA) is 25.8 Å². The largest absolute Gasteiger partial charge is 0.226 e. The third-order valence-corrected chi connectivity index (χ3v) is 5.09. The predicted octanol–water partition coefficient (Wildman–Crippen LogP) is 3.30. The summed E-state index contributed by atoms with van der Waals surface area (Å²) in [7, 11) is 0. The van der Waals surface area contributed by atoms with Crippen LogP contribution in [0.4, 0.5) is 0 Å². The molecule has 2 nitrogen and oxygen atoms in total. The highest BCUT2D eigenvalue weighted by molar-refractivity contribution is 6.28. The Labute approximate surface area is 95.1 Å². The number of rotatable bonds is 0. The molecular weight excluding hydrogens is 208 g/mol.